The Kier molecular flexibility index (Phi) is 8.26. The molecule has 1 heterocycles. The minimum absolute atomic E-state index is 0.0802. The van der Waals surface area contributed by atoms with Gasteiger partial charge in [0.2, 0.25) is 0 Å². The van der Waals surface area contributed by atoms with Crippen molar-refractivity contribution in [3.63, 3.8) is 0 Å². The molecule has 1 rings (SSSR count). The number of thioether (sulfide) groups is 1. The molecule has 5 atom stereocenters. The summed E-state index contributed by atoms with van der Waals surface area (Å²) in [6, 6.07) is 0. The first-order valence-corrected chi connectivity index (χ1v) is 10.1. The zero-order valence-corrected chi connectivity index (χ0v) is 16.2. The quantitative estimate of drug-likeness (QED) is 0.560. The first kappa shape index (κ1) is 21.1. The molecule has 0 bridgehead atoms. The van der Waals surface area contributed by atoms with Crippen LogP contribution < -0.4 is 0 Å². The molecule has 0 N–H and O–H groups in total. The standard InChI is InChI=1S/C14H28O7S2/c1-7-20-23(15,16)9-14(22-8-2)13(19-6)12(18-5)11(17-4)10(3)21-14/h10-13H,7-9H2,1-6H3/t10-,11+,12+,13-,14-/m0/s1. The maximum Gasteiger partial charge on any atom is 0.271 e. The Morgan fingerprint density at radius 3 is 2.13 bits per heavy atom. The van der Waals surface area contributed by atoms with Gasteiger partial charge in [0.05, 0.1) is 12.7 Å². The van der Waals surface area contributed by atoms with E-state index in [1.54, 1.807) is 21.1 Å². The average Bonchev–Trinajstić information content (AvgIpc) is 2.45. The van der Waals surface area contributed by atoms with Crippen molar-refractivity contribution in [2.45, 2.75) is 50.1 Å². The van der Waals surface area contributed by atoms with E-state index in [4.69, 9.17) is 23.1 Å². The van der Waals surface area contributed by atoms with Gasteiger partial charge in [-0.25, -0.2) is 0 Å². The molecule has 7 nitrogen and oxygen atoms in total. The summed E-state index contributed by atoms with van der Waals surface area (Å²) >= 11 is 1.38. The second kappa shape index (κ2) is 8.98. The molecule has 0 radical (unpaired) electrons. The van der Waals surface area contributed by atoms with E-state index in [0.29, 0.717) is 5.75 Å². The van der Waals surface area contributed by atoms with Crippen LogP contribution in [-0.2, 0) is 33.2 Å². The van der Waals surface area contributed by atoms with E-state index in [0.717, 1.165) is 0 Å². The van der Waals surface area contributed by atoms with Gasteiger partial charge in [0, 0.05) is 21.3 Å². The molecule has 1 fully saturated rings. The SMILES string of the molecule is CCOS(=O)(=O)C[C@@]1(SCC)O[C@@H](C)[C@@H](OC)[C@@H](OC)[C@@H]1OC. The lowest BCUT2D eigenvalue weighted by molar-refractivity contribution is -0.244. The largest absolute Gasteiger partial charge is 0.376 e. The minimum atomic E-state index is -3.76. The molecule has 0 aromatic rings. The summed E-state index contributed by atoms with van der Waals surface area (Å²) in [4.78, 5) is -1.12. The third-order valence-corrected chi connectivity index (χ3v) is 6.58. The lowest BCUT2D eigenvalue weighted by Gasteiger charge is -2.50. The van der Waals surface area contributed by atoms with Crippen LogP contribution in [0.5, 0.6) is 0 Å². The van der Waals surface area contributed by atoms with Crippen molar-refractivity contribution in [3.05, 3.63) is 0 Å². The normalized spacial score (nSPS) is 35.4. The first-order valence-electron chi connectivity index (χ1n) is 7.58. The van der Waals surface area contributed by atoms with Crippen LogP contribution in [0.3, 0.4) is 0 Å². The molecule has 1 aliphatic heterocycles. The van der Waals surface area contributed by atoms with Crippen LogP contribution in [0.2, 0.25) is 0 Å². The lowest BCUT2D eigenvalue weighted by atomic mass is 9.95. The van der Waals surface area contributed by atoms with Gasteiger partial charge in [0.15, 0.2) is 4.93 Å². The zero-order chi connectivity index (χ0) is 17.7. The fourth-order valence-electron chi connectivity index (χ4n) is 3.02. The molecule has 0 aromatic heterocycles. The lowest BCUT2D eigenvalue weighted by Crippen LogP contribution is -2.66. The van der Waals surface area contributed by atoms with Gasteiger partial charge < -0.3 is 18.9 Å². The summed E-state index contributed by atoms with van der Waals surface area (Å²) in [5.41, 5.74) is 0. The van der Waals surface area contributed by atoms with Gasteiger partial charge in [-0.15, -0.1) is 11.8 Å². The third-order valence-electron chi connectivity index (χ3n) is 3.77. The van der Waals surface area contributed by atoms with Crippen LogP contribution in [0.4, 0.5) is 0 Å². The molecule has 0 saturated carbocycles. The summed E-state index contributed by atoms with van der Waals surface area (Å²) in [5.74, 6) is 0.341. The molecular weight excluding hydrogens is 344 g/mol. The van der Waals surface area contributed by atoms with Crippen molar-refractivity contribution in [3.8, 4) is 0 Å². The van der Waals surface area contributed by atoms with Crippen molar-refractivity contribution in [2.75, 3.05) is 39.4 Å². The van der Waals surface area contributed by atoms with E-state index in [9.17, 15) is 8.42 Å². The zero-order valence-electron chi connectivity index (χ0n) is 14.6. The summed E-state index contributed by atoms with van der Waals surface area (Å²) in [7, 11) is 0.883. The van der Waals surface area contributed by atoms with Gasteiger partial charge >= 0.3 is 0 Å². The number of hydrogen-bond acceptors (Lipinski definition) is 8. The number of hydrogen-bond donors (Lipinski definition) is 0. The van der Waals surface area contributed by atoms with Crippen LogP contribution in [-0.4, -0.2) is 77.2 Å². The highest BCUT2D eigenvalue weighted by Crippen LogP contribution is 2.43. The first-order chi connectivity index (χ1) is 10.8. The molecule has 0 amide bonds. The smallest absolute Gasteiger partial charge is 0.271 e. The van der Waals surface area contributed by atoms with Crippen LogP contribution in [0, 0.1) is 0 Å². The highest BCUT2D eigenvalue weighted by Gasteiger charge is 2.56. The maximum absolute atomic E-state index is 12.2. The monoisotopic (exact) mass is 372 g/mol. The van der Waals surface area contributed by atoms with Crippen molar-refractivity contribution < 1.29 is 31.5 Å². The molecule has 0 aromatic carbocycles. The summed E-state index contributed by atoms with van der Waals surface area (Å²) in [5, 5.41) is 0. The molecule has 0 unspecified atom stereocenters. The van der Waals surface area contributed by atoms with Gasteiger partial charge in [-0.1, -0.05) is 6.92 Å². The average molecular weight is 373 g/mol. The Labute approximate surface area is 143 Å². The van der Waals surface area contributed by atoms with Gasteiger partial charge in [-0.2, -0.15) is 8.42 Å². The minimum Gasteiger partial charge on any atom is -0.376 e. The highest BCUT2D eigenvalue weighted by molar-refractivity contribution is 8.01. The maximum atomic E-state index is 12.2. The van der Waals surface area contributed by atoms with Crippen molar-refractivity contribution in [2.24, 2.45) is 0 Å². The molecule has 23 heavy (non-hydrogen) atoms. The van der Waals surface area contributed by atoms with Crippen LogP contribution in [0.25, 0.3) is 0 Å². The van der Waals surface area contributed by atoms with Crippen molar-refractivity contribution in [1.82, 2.24) is 0 Å². The summed E-state index contributed by atoms with van der Waals surface area (Å²) < 4.78 is 52.1. The van der Waals surface area contributed by atoms with Crippen molar-refractivity contribution in [1.29, 1.82) is 0 Å². The number of rotatable bonds is 9. The van der Waals surface area contributed by atoms with Crippen LogP contribution in [0.15, 0.2) is 0 Å². The second-order valence-corrected chi connectivity index (χ2v) is 8.43. The predicted molar refractivity (Wildman–Crippen MR) is 89.2 cm³/mol. The molecule has 0 spiro atoms. The van der Waals surface area contributed by atoms with Crippen LogP contribution in [0.1, 0.15) is 20.8 Å². The summed E-state index contributed by atoms with van der Waals surface area (Å²) in [6.45, 7) is 5.49. The Balaban J connectivity index is 3.25. The second-order valence-electron chi connectivity index (χ2n) is 5.23. The van der Waals surface area contributed by atoms with Gasteiger partial charge in [-0.3, -0.25) is 4.18 Å². The Bertz CT molecular complexity index is 456. The summed E-state index contributed by atoms with van der Waals surface area (Å²) in [6.07, 6.45) is -1.78. The molecule has 1 aliphatic rings. The Morgan fingerprint density at radius 2 is 1.70 bits per heavy atom. The molecule has 1 saturated heterocycles. The predicted octanol–water partition coefficient (Wildman–Crippen LogP) is 1.27. The molecule has 138 valence electrons. The number of methoxy groups -OCH3 is 3. The third kappa shape index (κ3) is 4.81. The molecule has 0 aliphatic carbocycles. The van der Waals surface area contributed by atoms with E-state index in [2.05, 4.69) is 0 Å². The van der Waals surface area contributed by atoms with E-state index in [1.165, 1.54) is 18.9 Å². The van der Waals surface area contributed by atoms with Crippen molar-refractivity contribution >= 4 is 21.9 Å². The van der Waals surface area contributed by atoms with Gasteiger partial charge in [0.1, 0.15) is 24.1 Å². The Morgan fingerprint density at radius 1 is 1.09 bits per heavy atom. The van der Waals surface area contributed by atoms with Crippen LogP contribution >= 0.6 is 11.8 Å². The highest BCUT2D eigenvalue weighted by atomic mass is 32.2. The molecule has 9 heteroatoms. The fourth-order valence-corrected chi connectivity index (χ4v) is 6.06. The topological polar surface area (TPSA) is 80.3 Å². The van der Waals surface area contributed by atoms with Gasteiger partial charge in [0.25, 0.3) is 10.1 Å². The fraction of sp³-hybridized carbons (Fsp3) is 1.00. The van der Waals surface area contributed by atoms with E-state index in [-0.39, 0.29) is 24.6 Å². The van der Waals surface area contributed by atoms with Gasteiger partial charge in [-0.05, 0) is 19.6 Å². The van der Waals surface area contributed by atoms with E-state index >= 15 is 0 Å². The van der Waals surface area contributed by atoms with E-state index in [1.807, 2.05) is 13.8 Å². The van der Waals surface area contributed by atoms with E-state index < -0.39 is 27.3 Å². The molecular formula is C14H28O7S2. The Hall–Kier alpha value is 0.1000. The number of ether oxygens (including phenoxy) is 4.